The summed E-state index contributed by atoms with van der Waals surface area (Å²) in [7, 11) is 3.62. The molecular weight excluding hydrogens is 288 g/mol. The maximum Gasteiger partial charge on any atom is 0.191 e. The summed E-state index contributed by atoms with van der Waals surface area (Å²) in [5.41, 5.74) is 1.02. The summed E-state index contributed by atoms with van der Waals surface area (Å²) in [5.74, 6) is 2.61. The number of benzene rings is 1. The third kappa shape index (κ3) is 4.20. The Hall–Kier alpha value is -1.57. The molecule has 0 spiro atoms. The topological polar surface area (TPSA) is 76.8 Å². The summed E-state index contributed by atoms with van der Waals surface area (Å²) in [6.45, 7) is 1.92. The Balaban J connectivity index is 1.98. The third-order valence-electron chi connectivity index (χ3n) is 3.07. The first-order valence-corrected chi connectivity index (χ1v) is 7.84. The van der Waals surface area contributed by atoms with Gasteiger partial charge in [0.1, 0.15) is 5.75 Å². The molecule has 1 heterocycles. The summed E-state index contributed by atoms with van der Waals surface area (Å²) in [4.78, 5) is 0. The predicted octanol–water partition coefficient (Wildman–Crippen LogP) is 0.138. The molecule has 6 nitrogen and oxygen atoms in total. The average molecular weight is 309 g/mol. The largest absolute Gasteiger partial charge is 0.497 e. The molecule has 2 rings (SSSR count). The second-order valence-corrected chi connectivity index (χ2v) is 5.59. The summed E-state index contributed by atoms with van der Waals surface area (Å²) in [6, 6.07) is 7.79. The molecule has 0 radical (unpaired) electrons. The van der Waals surface area contributed by atoms with Crippen LogP contribution in [0.5, 0.6) is 5.75 Å². The number of ether oxygens (including phenoxy) is 1. The standard InChI is InChI=1S/C14H20N4O2S/c1-18-13(11-3-5-12(20-2)6-4-11)16-17-14(18)21-10-8-15-7-9-19/h3-6,15,19H,7-10H2,1-2H3/p+1. The van der Waals surface area contributed by atoms with Crippen LogP contribution in [0.25, 0.3) is 11.4 Å². The number of nitrogens with two attached hydrogens (primary N) is 1. The lowest BCUT2D eigenvalue weighted by molar-refractivity contribution is -0.651. The minimum absolute atomic E-state index is 0.218. The van der Waals surface area contributed by atoms with Gasteiger partial charge in [-0.25, -0.2) is 0 Å². The van der Waals surface area contributed by atoms with Gasteiger partial charge in [-0.15, -0.1) is 10.2 Å². The van der Waals surface area contributed by atoms with Crippen LogP contribution in [0.15, 0.2) is 29.4 Å². The van der Waals surface area contributed by atoms with E-state index in [1.807, 2.05) is 35.9 Å². The van der Waals surface area contributed by atoms with Gasteiger partial charge in [-0.2, -0.15) is 0 Å². The van der Waals surface area contributed by atoms with E-state index < -0.39 is 0 Å². The van der Waals surface area contributed by atoms with Gasteiger partial charge in [0.25, 0.3) is 0 Å². The van der Waals surface area contributed by atoms with Gasteiger partial charge >= 0.3 is 0 Å². The van der Waals surface area contributed by atoms with E-state index in [1.165, 1.54) is 0 Å². The Kier molecular flexibility index (Phi) is 6.04. The fourth-order valence-corrected chi connectivity index (χ4v) is 2.75. The van der Waals surface area contributed by atoms with Crippen LogP contribution in [0.4, 0.5) is 0 Å². The van der Waals surface area contributed by atoms with Crippen LogP contribution >= 0.6 is 11.8 Å². The van der Waals surface area contributed by atoms with Crippen LogP contribution in [0, 0.1) is 0 Å². The Labute approximate surface area is 128 Å². The van der Waals surface area contributed by atoms with Gasteiger partial charge in [0, 0.05) is 12.6 Å². The number of rotatable bonds is 8. The molecule has 0 atom stereocenters. The van der Waals surface area contributed by atoms with E-state index in [1.54, 1.807) is 18.9 Å². The highest BCUT2D eigenvalue weighted by atomic mass is 32.2. The summed E-state index contributed by atoms with van der Waals surface area (Å²) in [6.07, 6.45) is 0. The molecule has 0 unspecified atom stereocenters. The van der Waals surface area contributed by atoms with E-state index in [9.17, 15) is 0 Å². The number of quaternary nitrogens is 1. The molecule has 0 amide bonds. The Morgan fingerprint density at radius 2 is 2.00 bits per heavy atom. The summed E-state index contributed by atoms with van der Waals surface area (Å²) >= 11 is 1.67. The molecule has 21 heavy (non-hydrogen) atoms. The van der Waals surface area contributed by atoms with Crippen molar-refractivity contribution < 1.29 is 15.2 Å². The Bertz CT molecular complexity index is 557. The van der Waals surface area contributed by atoms with Gasteiger partial charge in [-0.3, -0.25) is 0 Å². The smallest absolute Gasteiger partial charge is 0.191 e. The molecule has 0 saturated heterocycles. The molecule has 7 heteroatoms. The Morgan fingerprint density at radius 1 is 1.24 bits per heavy atom. The van der Waals surface area contributed by atoms with Gasteiger partial charge in [-0.05, 0) is 24.3 Å². The first-order chi connectivity index (χ1) is 10.3. The van der Waals surface area contributed by atoms with E-state index in [4.69, 9.17) is 9.84 Å². The molecule has 0 aliphatic carbocycles. The fourth-order valence-electron chi connectivity index (χ4n) is 1.90. The average Bonchev–Trinajstić information content (AvgIpc) is 2.88. The molecule has 0 aliphatic heterocycles. The van der Waals surface area contributed by atoms with E-state index in [0.29, 0.717) is 0 Å². The lowest BCUT2D eigenvalue weighted by Crippen LogP contribution is -2.85. The maximum absolute atomic E-state index is 8.72. The van der Waals surface area contributed by atoms with Gasteiger partial charge in [0.05, 0.1) is 32.6 Å². The van der Waals surface area contributed by atoms with Crippen molar-refractivity contribution in [3.63, 3.8) is 0 Å². The third-order valence-corrected chi connectivity index (χ3v) is 4.12. The number of aliphatic hydroxyl groups is 1. The highest BCUT2D eigenvalue weighted by molar-refractivity contribution is 7.99. The minimum atomic E-state index is 0.218. The lowest BCUT2D eigenvalue weighted by atomic mass is 10.2. The number of aromatic nitrogens is 3. The molecule has 0 fully saturated rings. The molecule has 2 aromatic rings. The SMILES string of the molecule is COc1ccc(-c2nnc(SCC[NH2+]CCO)n2C)cc1. The van der Waals surface area contributed by atoms with Crippen molar-refractivity contribution in [1.29, 1.82) is 0 Å². The first kappa shape index (κ1) is 15.8. The fraction of sp³-hybridized carbons (Fsp3) is 0.429. The number of hydrogen-bond donors (Lipinski definition) is 2. The normalized spacial score (nSPS) is 10.8. The van der Waals surface area contributed by atoms with Crippen molar-refractivity contribution in [3.8, 4) is 17.1 Å². The first-order valence-electron chi connectivity index (χ1n) is 6.85. The number of methoxy groups -OCH3 is 1. The van der Waals surface area contributed by atoms with Crippen LogP contribution in [0.3, 0.4) is 0 Å². The zero-order chi connectivity index (χ0) is 15.1. The quantitative estimate of drug-likeness (QED) is 0.536. The molecule has 114 valence electrons. The van der Waals surface area contributed by atoms with Crippen LogP contribution in [0.2, 0.25) is 0 Å². The molecule has 1 aromatic heterocycles. The maximum atomic E-state index is 8.72. The Morgan fingerprint density at radius 3 is 2.67 bits per heavy atom. The summed E-state index contributed by atoms with van der Waals surface area (Å²) in [5, 5.41) is 20.2. The molecule has 0 bridgehead atoms. The number of thioether (sulfide) groups is 1. The number of aliphatic hydroxyl groups excluding tert-OH is 1. The van der Waals surface area contributed by atoms with Crippen molar-refractivity contribution in [2.75, 3.05) is 32.6 Å². The van der Waals surface area contributed by atoms with Crippen LogP contribution in [-0.2, 0) is 7.05 Å². The van der Waals surface area contributed by atoms with Gasteiger partial charge in [0.2, 0.25) is 0 Å². The summed E-state index contributed by atoms with van der Waals surface area (Å²) < 4.78 is 7.16. The van der Waals surface area contributed by atoms with Crippen LogP contribution in [-0.4, -0.2) is 52.4 Å². The van der Waals surface area contributed by atoms with Crippen molar-refractivity contribution in [2.24, 2.45) is 7.05 Å². The van der Waals surface area contributed by atoms with Crippen molar-refractivity contribution in [1.82, 2.24) is 14.8 Å². The molecule has 1 aromatic carbocycles. The molecule has 3 N–H and O–H groups in total. The van der Waals surface area contributed by atoms with Crippen molar-refractivity contribution in [3.05, 3.63) is 24.3 Å². The van der Waals surface area contributed by atoms with Crippen molar-refractivity contribution in [2.45, 2.75) is 5.16 Å². The predicted molar refractivity (Wildman–Crippen MR) is 82.5 cm³/mol. The monoisotopic (exact) mass is 309 g/mol. The number of nitrogens with zero attached hydrogens (tertiary/aromatic N) is 3. The molecule has 0 saturated carbocycles. The highest BCUT2D eigenvalue weighted by Crippen LogP contribution is 2.23. The zero-order valence-corrected chi connectivity index (χ0v) is 13.1. The second-order valence-electron chi connectivity index (χ2n) is 4.53. The van der Waals surface area contributed by atoms with Crippen LogP contribution in [0.1, 0.15) is 0 Å². The molecule has 0 aliphatic rings. The van der Waals surface area contributed by atoms with E-state index in [0.717, 1.165) is 41.1 Å². The highest BCUT2D eigenvalue weighted by Gasteiger charge is 2.11. The lowest BCUT2D eigenvalue weighted by Gasteiger charge is -2.05. The van der Waals surface area contributed by atoms with Gasteiger partial charge < -0.3 is 19.7 Å². The van der Waals surface area contributed by atoms with E-state index in [2.05, 4.69) is 15.5 Å². The van der Waals surface area contributed by atoms with Crippen LogP contribution < -0.4 is 10.1 Å². The number of hydrogen-bond acceptors (Lipinski definition) is 5. The van der Waals surface area contributed by atoms with E-state index >= 15 is 0 Å². The van der Waals surface area contributed by atoms with Gasteiger partial charge in [-0.1, -0.05) is 11.8 Å². The van der Waals surface area contributed by atoms with E-state index in [-0.39, 0.29) is 6.61 Å². The molecular formula is C14H21N4O2S+. The van der Waals surface area contributed by atoms with Crippen molar-refractivity contribution >= 4 is 11.8 Å². The minimum Gasteiger partial charge on any atom is -0.497 e. The zero-order valence-electron chi connectivity index (χ0n) is 12.3. The van der Waals surface area contributed by atoms with Gasteiger partial charge in [0.15, 0.2) is 11.0 Å². The second kappa shape index (κ2) is 8.02.